The van der Waals surface area contributed by atoms with Crippen molar-refractivity contribution in [3.8, 4) is 0 Å². The van der Waals surface area contributed by atoms with Gasteiger partial charge >= 0.3 is 0 Å². The zero-order valence-electron chi connectivity index (χ0n) is 9.58. The lowest BCUT2D eigenvalue weighted by Gasteiger charge is -2.18. The Morgan fingerprint density at radius 2 is 2.07 bits per heavy atom. The van der Waals surface area contributed by atoms with Crippen LogP contribution in [0.1, 0.15) is 31.7 Å². The van der Waals surface area contributed by atoms with Crippen LogP contribution in [0.15, 0.2) is 24.5 Å². The molecule has 0 radical (unpaired) electrons. The molecule has 1 heterocycles. The van der Waals surface area contributed by atoms with Gasteiger partial charge in [0.25, 0.3) is 0 Å². The van der Waals surface area contributed by atoms with E-state index in [-0.39, 0.29) is 0 Å². The van der Waals surface area contributed by atoms with Gasteiger partial charge in [0.05, 0.1) is 13.1 Å². The van der Waals surface area contributed by atoms with Crippen LogP contribution in [0.4, 0.5) is 0 Å². The number of nitrogens with one attached hydrogen (secondary N) is 1. The van der Waals surface area contributed by atoms with Crippen molar-refractivity contribution in [1.29, 1.82) is 0 Å². The third-order valence-electron chi connectivity index (χ3n) is 3.08. The summed E-state index contributed by atoms with van der Waals surface area (Å²) in [4.78, 5) is 5.80. The van der Waals surface area contributed by atoms with Crippen LogP contribution in [0.3, 0.4) is 0 Å². The zero-order valence-corrected chi connectivity index (χ0v) is 9.58. The second kappa shape index (κ2) is 5.26. The number of hydrogen-bond donors (Lipinski definition) is 1. The fraction of sp³-hybridized carbons (Fsp3) is 0.615. The molecule has 0 aromatic carbocycles. The lowest BCUT2D eigenvalue weighted by Crippen LogP contribution is -3.11. The SMILES string of the molecule is CCC[NH+](Cc1ccncc1)CC1CC1. The molecule has 1 unspecified atom stereocenters. The minimum absolute atomic E-state index is 1.02. The number of aromatic nitrogens is 1. The van der Waals surface area contributed by atoms with Crippen molar-refractivity contribution in [1.82, 2.24) is 4.98 Å². The average molecular weight is 205 g/mol. The fourth-order valence-corrected chi connectivity index (χ4v) is 2.14. The average Bonchev–Trinajstić information content (AvgIpc) is 3.03. The molecule has 0 spiro atoms. The van der Waals surface area contributed by atoms with Crippen molar-refractivity contribution in [2.24, 2.45) is 5.92 Å². The summed E-state index contributed by atoms with van der Waals surface area (Å²) in [7, 11) is 0. The number of rotatable bonds is 6. The van der Waals surface area contributed by atoms with Crippen molar-refractivity contribution < 1.29 is 4.90 Å². The Morgan fingerprint density at radius 1 is 1.33 bits per heavy atom. The van der Waals surface area contributed by atoms with E-state index in [1.165, 1.54) is 44.5 Å². The number of hydrogen-bond acceptors (Lipinski definition) is 1. The Morgan fingerprint density at radius 3 is 2.67 bits per heavy atom. The molecule has 15 heavy (non-hydrogen) atoms. The Hall–Kier alpha value is -0.890. The van der Waals surface area contributed by atoms with Crippen LogP contribution < -0.4 is 4.90 Å². The smallest absolute Gasteiger partial charge is 0.103 e. The molecule has 2 nitrogen and oxygen atoms in total. The number of nitrogens with zero attached hydrogens (tertiary/aromatic N) is 1. The molecule has 82 valence electrons. The molecule has 1 aliphatic carbocycles. The maximum atomic E-state index is 4.06. The van der Waals surface area contributed by atoms with Gasteiger partial charge in [-0.05, 0) is 31.4 Å². The summed E-state index contributed by atoms with van der Waals surface area (Å²) in [6, 6.07) is 4.28. The fourth-order valence-electron chi connectivity index (χ4n) is 2.14. The molecule has 0 amide bonds. The van der Waals surface area contributed by atoms with Crippen molar-refractivity contribution in [3.63, 3.8) is 0 Å². The molecule has 1 saturated carbocycles. The highest BCUT2D eigenvalue weighted by Gasteiger charge is 2.26. The molecule has 2 heteroatoms. The van der Waals surface area contributed by atoms with Gasteiger partial charge in [-0.25, -0.2) is 0 Å². The predicted molar refractivity (Wildman–Crippen MR) is 61.7 cm³/mol. The second-order valence-electron chi connectivity index (χ2n) is 4.68. The first-order chi connectivity index (χ1) is 7.38. The first-order valence-corrected chi connectivity index (χ1v) is 6.11. The van der Waals surface area contributed by atoms with Gasteiger partial charge in [-0.3, -0.25) is 4.98 Å². The summed E-state index contributed by atoms with van der Waals surface area (Å²) in [6.45, 7) is 6.13. The summed E-state index contributed by atoms with van der Waals surface area (Å²) in [5.74, 6) is 1.02. The Labute approximate surface area is 92.3 Å². The van der Waals surface area contributed by atoms with E-state index in [9.17, 15) is 0 Å². The number of pyridine rings is 1. The predicted octanol–water partition coefficient (Wildman–Crippen LogP) is 1.29. The summed E-state index contributed by atoms with van der Waals surface area (Å²) in [5.41, 5.74) is 1.43. The van der Waals surface area contributed by atoms with Crippen LogP contribution in [0.25, 0.3) is 0 Å². The van der Waals surface area contributed by atoms with E-state index < -0.39 is 0 Å². The van der Waals surface area contributed by atoms with Gasteiger partial charge in [-0.1, -0.05) is 6.92 Å². The number of quaternary nitrogens is 1. The van der Waals surface area contributed by atoms with Gasteiger partial charge in [-0.2, -0.15) is 0 Å². The molecule has 0 aliphatic heterocycles. The van der Waals surface area contributed by atoms with Crippen molar-refractivity contribution in [2.75, 3.05) is 13.1 Å². The molecule has 1 atom stereocenters. The monoisotopic (exact) mass is 205 g/mol. The van der Waals surface area contributed by atoms with E-state index in [0.29, 0.717) is 0 Å². The third kappa shape index (κ3) is 3.63. The molecular weight excluding hydrogens is 184 g/mol. The van der Waals surface area contributed by atoms with E-state index in [2.05, 4.69) is 24.0 Å². The third-order valence-corrected chi connectivity index (χ3v) is 3.08. The van der Waals surface area contributed by atoms with Crippen LogP contribution >= 0.6 is 0 Å². The van der Waals surface area contributed by atoms with Crippen LogP contribution in [-0.4, -0.2) is 18.1 Å². The highest BCUT2D eigenvalue weighted by molar-refractivity contribution is 5.07. The summed E-state index contributed by atoms with van der Waals surface area (Å²) in [5, 5.41) is 0. The minimum atomic E-state index is 1.02. The Bertz CT molecular complexity index is 280. The van der Waals surface area contributed by atoms with Crippen molar-refractivity contribution in [3.05, 3.63) is 30.1 Å². The van der Waals surface area contributed by atoms with E-state index in [1.54, 1.807) is 4.90 Å². The van der Waals surface area contributed by atoms with Crippen molar-refractivity contribution >= 4 is 0 Å². The summed E-state index contributed by atoms with van der Waals surface area (Å²) >= 11 is 0. The highest BCUT2D eigenvalue weighted by atomic mass is 15.1. The van der Waals surface area contributed by atoms with Gasteiger partial charge < -0.3 is 4.90 Å². The zero-order chi connectivity index (χ0) is 10.5. The second-order valence-corrected chi connectivity index (χ2v) is 4.68. The molecule has 1 aromatic rings. The molecule has 1 fully saturated rings. The lowest BCUT2D eigenvalue weighted by molar-refractivity contribution is -0.915. The minimum Gasteiger partial charge on any atom is -0.331 e. The van der Waals surface area contributed by atoms with Gasteiger partial charge in [0.15, 0.2) is 0 Å². The molecule has 0 saturated heterocycles. The molecule has 1 aromatic heterocycles. The van der Waals surface area contributed by atoms with Crippen molar-refractivity contribution in [2.45, 2.75) is 32.7 Å². The topological polar surface area (TPSA) is 17.3 Å². The Kier molecular flexibility index (Phi) is 3.73. The van der Waals surface area contributed by atoms with E-state index in [1.807, 2.05) is 12.4 Å². The van der Waals surface area contributed by atoms with Gasteiger partial charge in [0.2, 0.25) is 0 Å². The molecule has 2 rings (SSSR count). The molecular formula is C13H21N2+. The quantitative estimate of drug-likeness (QED) is 0.740. The van der Waals surface area contributed by atoms with Crippen LogP contribution in [-0.2, 0) is 6.54 Å². The molecule has 1 N–H and O–H groups in total. The first-order valence-electron chi connectivity index (χ1n) is 6.11. The van der Waals surface area contributed by atoms with E-state index >= 15 is 0 Å². The summed E-state index contributed by atoms with van der Waals surface area (Å²) < 4.78 is 0. The largest absolute Gasteiger partial charge is 0.331 e. The highest BCUT2D eigenvalue weighted by Crippen LogP contribution is 2.26. The maximum absolute atomic E-state index is 4.06. The first kappa shape index (κ1) is 10.6. The van der Waals surface area contributed by atoms with Gasteiger partial charge in [-0.15, -0.1) is 0 Å². The molecule has 1 aliphatic rings. The maximum Gasteiger partial charge on any atom is 0.103 e. The standard InChI is InChI=1S/C13H20N2/c1-2-9-15(10-12-3-4-12)11-13-5-7-14-8-6-13/h5-8,12H,2-4,9-11H2,1H3/p+1. The van der Waals surface area contributed by atoms with E-state index in [4.69, 9.17) is 0 Å². The van der Waals surface area contributed by atoms with Crippen LogP contribution in [0.2, 0.25) is 0 Å². The van der Waals surface area contributed by atoms with E-state index in [0.717, 1.165) is 5.92 Å². The molecule has 0 bridgehead atoms. The normalized spacial score (nSPS) is 17.7. The van der Waals surface area contributed by atoms with Crippen LogP contribution in [0.5, 0.6) is 0 Å². The van der Waals surface area contributed by atoms with Crippen LogP contribution in [0, 0.1) is 5.92 Å². The van der Waals surface area contributed by atoms with Gasteiger partial charge in [0, 0.05) is 23.9 Å². The lowest BCUT2D eigenvalue weighted by atomic mass is 10.2. The Balaban J connectivity index is 1.87. The summed E-state index contributed by atoms with van der Waals surface area (Å²) in [6.07, 6.45) is 8.01. The van der Waals surface area contributed by atoms with Gasteiger partial charge in [0.1, 0.15) is 6.54 Å².